The summed E-state index contributed by atoms with van der Waals surface area (Å²) < 4.78 is 7.22. The van der Waals surface area contributed by atoms with Crippen LogP contribution >= 0.6 is 11.6 Å². The van der Waals surface area contributed by atoms with Crippen molar-refractivity contribution in [1.29, 1.82) is 0 Å². The molecule has 9 nitrogen and oxygen atoms in total. The lowest BCUT2D eigenvalue weighted by molar-refractivity contribution is -0.122. The van der Waals surface area contributed by atoms with Gasteiger partial charge in [0.15, 0.2) is 23.6 Å². The van der Waals surface area contributed by atoms with Crippen molar-refractivity contribution in [2.45, 2.75) is 32.2 Å². The number of amides is 1. The SMILES string of the molecule is Cc1ccc(OCC(=O)NNc2nc(C3CC3)nc3c2nnn3Cc2ccccc2Cl)cc1. The van der Waals surface area contributed by atoms with E-state index >= 15 is 0 Å². The van der Waals surface area contributed by atoms with Crippen LogP contribution < -0.4 is 15.6 Å². The molecule has 0 atom stereocenters. The number of halogens is 1. The van der Waals surface area contributed by atoms with Gasteiger partial charge in [-0.25, -0.2) is 14.6 Å². The third-order valence-electron chi connectivity index (χ3n) is 5.31. The van der Waals surface area contributed by atoms with Crippen LogP contribution in [0.5, 0.6) is 5.75 Å². The molecule has 1 aliphatic rings. The Morgan fingerprint density at radius 1 is 1.15 bits per heavy atom. The van der Waals surface area contributed by atoms with Gasteiger partial charge in [0.05, 0.1) is 6.54 Å². The Balaban J connectivity index is 1.33. The Hall–Kier alpha value is -3.72. The smallest absolute Gasteiger partial charge is 0.276 e. The van der Waals surface area contributed by atoms with Crippen LogP contribution in [0.25, 0.3) is 11.2 Å². The van der Waals surface area contributed by atoms with Gasteiger partial charge in [-0.2, -0.15) is 0 Å². The highest BCUT2D eigenvalue weighted by molar-refractivity contribution is 6.31. The second kappa shape index (κ2) is 9.03. The van der Waals surface area contributed by atoms with Gasteiger partial charge in [0, 0.05) is 10.9 Å². The summed E-state index contributed by atoms with van der Waals surface area (Å²) in [6.07, 6.45) is 2.07. The highest BCUT2D eigenvalue weighted by atomic mass is 35.5. The number of hydrogen-bond acceptors (Lipinski definition) is 7. The van der Waals surface area contributed by atoms with Gasteiger partial charge in [0.25, 0.3) is 5.91 Å². The number of aryl methyl sites for hydroxylation is 1. The number of aromatic nitrogens is 5. The lowest BCUT2D eigenvalue weighted by atomic mass is 10.2. The fourth-order valence-corrected chi connectivity index (χ4v) is 3.52. The lowest BCUT2D eigenvalue weighted by Gasteiger charge is -2.11. The first-order valence-corrected chi connectivity index (χ1v) is 11.0. The molecule has 2 aromatic carbocycles. The van der Waals surface area contributed by atoms with Crippen molar-refractivity contribution in [2.24, 2.45) is 0 Å². The van der Waals surface area contributed by atoms with Crippen molar-refractivity contribution in [3.05, 3.63) is 70.5 Å². The lowest BCUT2D eigenvalue weighted by Crippen LogP contribution is -2.34. The summed E-state index contributed by atoms with van der Waals surface area (Å²) in [5.41, 5.74) is 8.58. The molecule has 0 radical (unpaired) electrons. The van der Waals surface area contributed by atoms with E-state index < -0.39 is 0 Å². The number of nitrogens with one attached hydrogen (secondary N) is 2. The van der Waals surface area contributed by atoms with E-state index in [4.69, 9.17) is 21.3 Å². The zero-order chi connectivity index (χ0) is 22.8. The number of fused-ring (bicyclic) bond motifs is 1. The molecule has 1 saturated carbocycles. The molecular formula is C23H22ClN7O2. The average molecular weight is 464 g/mol. The molecule has 10 heteroatoms. The van der Waals surface area contributed by atoms with E-state index in [9.17, 15) is 4.79 Å². The predicted octanol–water partition coefficient (Wildman–Crippen LogP) is 3.63. The molecule has 168 valence electrons. The van der Waals surface area contributed by atoms with E-state index in [1.54, 1.807) is 4.68 Å². The monoisotopic (exact) mass is 463 g/mol. The fraction of sp³-hybridized carbons (Fsp3) is 0.261. The van der Waals surface area contributed by atoms with Crippen LogP contribution in [0.3, 0.4) is 0 Å². The Kier molecular flexibility index (Phi) is 5.78. The quantitative estimate of drug-likeness (QED) is 0.384. The minimum Gasteiger partial charge on any atom is -0.484 e. The van der Waals surface area contributed by atoms with E-state index in [-0.39, 0.29) is 12.5 Å². The minimum atomic E-state index is -0.348. The molecular weight excluding hydrogens is 442 g/mol. The molecule has 0 spiro atoms. The Morgan fingerprint density at radius 3 is 2.70 bits per heavy atom. The van der Waals surface area contributed by atoms with Gasteiger partial charge in [-0.3, -0.25) is 15.6 Å². The molecule has 33 heavy (non-hydrogen) atoms. The van der Waals surface area contributed by atoms with Gasteiger partial charge in [-0.15, -0.1) is 5.10 Å². The van der Waals surface area contributed by atoms with Crippen molar-refractivity contribution in [1.82, 2.24) is 30.4 Å². The van der Waals surface area contributed by atoms with Gasteiger partial charge in [-0.05, 0) is 43.5 Å². The minimum absolute atomic E-state index is 0.140. The largest absolute Gasteiger partial charge is 0.484 e. The van der Waals surface area contributed by atoms with Crippen molar-refractivity contribution < 1.29 is 9.53 Å². The molecule has 0 bridgehead atoms. The van der Waals surface area contributed by atoms with Gasteiger partial charge < -0.3 is 4.74 Å². The fourth-order valence-electron chi connectivity index (χ4n) is 3.33. The third kappa shape index (κ3) is 4.88. The third-order valence-corrected chi connectivity index (χ3v) is 5.68. The van der Waals surface area contributed by atoms with Crippen LogP contribution in [-0.2, 0) is 11.3 Å². The molecule has 0 unspecified atom stereocenters. The Morgan fingerprint density at radius 2 is 1.94 bits per heavy atom. The van der Waals surface area contributed by atoms with Gasteiger partial charge in [0.2, 0.25) is 0 Å². The van der Waals surface area contributed by atoms with Crippen molar-refractivity contribution >= 4 is 34.5 Å². The molecule has 4 aromatic rings. The molecule has 5 rings (SSSR count). The number of benzene rings is 2. The number of carbonyl (C=O) groups is 1. The predicted molar refractivity (Wildman–Crippen MR) is 124 cm³/mol. The molecule has 1 amide bonds. The number of ether oxygens (including phenoxy) is 1. The zero-order valence-electron chi connectivity index (χ0n) is 18.0. The van der Waals surface area contributed by atoms with Crippen LogP contribution in [0, 0.1) is 6.92 Å². The number of carbonyl (C=O) groups excluding carboxylic acids is 1. The normalized spacial score (nSPS) is 13.2. The standard InChI is InChI=1S/C23H22ClN7O2/c1-14-6-10-17(11-7-14)33-13-19(32)27-29-22-20-23(26-21(25-22)15-8-9-15)31(30-28-20)12-16-4-2-3-5-18(16)24/h2-7,10-11,15H,8-9,12-13H2,1H3,(H,27,32)(H,25,26,29). The van der Waals surface area contributed by atoms with E-state index in [0.717, 1.165) is 24.0 Å². The molecule has 2 aromatic heterocycles. The maximum atomic E-state index is 12.3. The van der Waals surface area contributed by atoms with Crippen LogP contribution in [0.15, 0.2) is 48.5 Å². The Labute approximate surface area is 195 Å². The number of anilines is 1. The maximum Gasteiger partial charge on any atom is 0.276 e. The topological polar surface area (TPSA) is 107 Å². The summed E-state index contributed by atoms with van der Waals surface area (Å²) in [6, 6.07) is 15.1. The van der Waals surface area contributed by atoms with Gasteiger partial charge >= 0.3 is 0 Å². The summed E-state index contributed by atoms with van der Waals surface area (Å²) in [5.74, 6) is 1.69. The molecule has 1 aliphatic carbocycles. The first kappa shape index (κ1) is 21.1. The van der Waals surface area contributed by atoms with Crippen LogP contribution in [0.1, 0.15) is 35.7 Å². The van der Waals surface area contributed by atoms with Crippen molar-refractivity contribution in [2.75, 3.05) is 12.0 Å². The number of rotatable bonds is 8. The van der Waals surface area contributed by atoms with E-state index in [1.807, 2.05) is 55.5 Å². The van der Waals surface area contributed by atoms with Gasteiger partial charge in [-0.1, -0.05) is 52.7 Å². The molecule has 0 aliphatic heterocycles. The maximum absolute atomic E-state index is 12.3. The van der Waals surface area contributed by atoms with Crippen molar-refractivity contribution in [3.63, 3.8) is 0 Å². The molecule has 2 N–H and O–H groups in total. The summed E-state index contributed by atoms with van der Waals surface area (Å²) in [5, 5.41) is 9.15. The summed E-state index contributed by atoms with van der Waals surface area (Å²) in [6.45, 7) is 2.27. The summed E-state index contributed by atoms with van der Waals surface area (Å²) >= 11 is 6.32. The highest BCUT2D eigenvalue weighted by Gasteiger charge is 2.29. The van der Waals surface area contributed by atoms with Crippen LogP contribution in [0.4, 0.5) is 5.82 Å². The van der Waals surface area contributed by atoms with E-state index in [1.165, 1.54) is 0 Å². The first-order valence-electron chi connectivity index (χ1n) is 10.7. The average Bonchev–Trinajstić information content (AvgIpc) is 3.60. The summed E-state index contributed by atoms with van der Waals surface area (Å²) in [7, 11) is 0. The molecule has 2 heterocycles. The van der Waals surface area contributed by atoms with Crippen molar-refractivity contribution in [3.8, 4) is 5.75 Å². The first-order chi connectivity index (χ1) is 16.1. The second-order valence-electron chi connectivity index (χ2n) is 7.99. The van der Waals surface area contributed by atoms with Crippen LogP contribution in [-0.4, -0.2) is 37.5 Å². The summed E-state index contributed by atoms with van der Waals surface area (Å²) in [4.78, 5) is 21.6. The highest BCUT2D eigenvalue weighted by Crippen LogP contribution is 2.39. The number of hydrazine groups is 1. The molecule has 1 fully saturated rings. The number of nitrogens with zero attached hydrogens (tertiary/aromatic N) is 5. The zero-order valence-corrected chi connectivity index (χ0v) is 18.7. The number of hydrogen-bond donors (Lipinski definition) is 2. The van der Waals surface area contributed by atoms with Crippen LogP contribution in [0.2, 0.25) is 5.02 Å². The van der Waals surface area contributed by atoms with E-state index in [2.05, 4.69) is 26.1 Å². The van der Waals surface area contributed by atoms with E-state index in [0.29, 0.717) is 46.0 Å². The van der Waals surface area contributed by atoms with Gasteiger partial charge in [0.1, 0.15) is 11.6 Å². The second-order valence-corrected chi connectivity index (χ2v) is 8.40. The molecule has 0 saturated heterocycles. The Bertz CT molecular complexity index is 1300.